The molecular weight excluding hydrogens is 479 g/mol. The van der Waals surface area contributed by atoms with Crippen LogP contribution in [0.25, 0.3) is 10.9 Å². The number of nitrogens with one attached hydrogen (secondary N) is 1. The summed E-state index contributed by atoms with van der Waals surface area (Å²) < 4.78 is 44.8. The topological polar surface area (TPSA) is 54.5 Å². The molecule has 3 aromatic rings. The average molecular weight is 512 g/mol. The molecule has 2 aliphatic rings. The molecule has 2 fully saturated rings. The minimum Gasteiger partial charge on any atom is -0.492 e. The first kappa shape index (κ1) is 25.5. The maximum Gasteiger partial charge on any atom is 0.389 e. The SMILES string of the molecule is Cc1ccc2c(C3(NC(=O)c4cc(OC[C@@H]5CCN5C)ccc4C)CC3)cc(CCC(F)(F)F)cc2n1. The summed E-state index contributed by atoms with van der Waals surface area (Å²) in [5, 5.41) is 4.07. The highest BCUT2D eigenvalue weighted by molar-refractivity contribution is 5.97. The summed E-state index contributed by atoms with van der Waals surface area (Å²) in [6, 6.07) is 13.3. The van der Waals surface area contributed by atoms with E-state index in [1.807, 2.05) is 44.2 Å². The van der Waals surface area contributed by atoms with Gasteiger partial charge in [-0.05, 0) is 94.1 Å². The van der Waals surface area contributed by atoms with E-state index >= 15 is 0 Å². The number of likely N-dealkylation sites (tertiary alicyclic amines) is 1. The lowest BCUT2D eigenvalue weighted by Crippen LogP contribution is -2.48. The Labute approximate surface area is 215 Å². The van der Waals surface area contributed by atoms with E-state index in [1.54, 1.807) is 12.1 Å². The van der Waals surface area contributed by atoms with Gasteiger partial charge in [-0.25, -0.2) is 0 Å². The van der Waals surface area contributed by atoms with Crippen LogP contribution < -0.4 is 10.1 Å². The third-order valence-electron chi connectivity index (χ3n) is 7.66. The predicted molar refractivity (Wildman–Crippen MR) is 137 cm³/mol. The van der Waals surface area contributed by atoms with Crippen molar-refractivity contribution in [2.45, 2.75) is 63.7 Å². The quantitative estimate of drug-likeness (QED) is 0.412. The number of aromatic nitrogens is 1. The van der Waals surface area contributed by atoms with Crippen molar-refractivity contribution in [1.29, 1.82) is 0 Å². The van der Waals surface area contributed by atoms with Crippen molar-refractivity contribution >= 4 is 16.8 Å². The van der Waals surface area contributed by atoms with Crippen LogP contribution >= 0.6 is 0 Å². The number of hydrogen-bond acceptors (Lipinski definition) is 4. The molecule has 0 spiro atoms. The molecule has 196 valence electrons. The number of carbonyl (C=O) groups is 1. The standard InChI is InChI=1S/C29H32F3N3O2/c1-18-4-6-22(37-17-21-9-13-35(21)3)16-24(18)27(36)34-28(11-12-28)25-14-20(8-10-29(30,31)32)15-26-23(25)7-5-19(2)33-26/h4-7,14-16,21H,8-13,17H2,1-3H3,(H,34,36)/t21-/m0/s1. The van der Waals surface area contributed by atoms with Gasteiger partial charge in [0.05, 0.1) is 11.1 Å². The Kier molecular flexibility index (Phi) is 6.64. The molecule has 0 bridgehead atoms. The summed E-state index contributed by atoms with van der Waals surface area (Å²) in [6.07, 6.45) is -2.73. The molecule has 1 atom stereocenters. The van der Waals surface area contributed by atoms with Gasteiger partial charge in [-0.1, -0.05) is 18.2 Å². The minimum atomic E-state index is -4.24. The maximum absolute atomic E-state index is 13.5. The van der Waals surface area contributed by atoms with E-state index in [4.69, 9.17) is 4.74 Å². The Morgan fingerprint density at radius 3 is 2.59 bits per heavy atom. The number of likely N-dealkylation sites (N-methyl/N-ethyl adjacent to an activating group) is 1. The van der Waals surface area contributed by atoms with Gasteiger partial charge in [0.15, 0.2) is 0 Å². The van der Waals surface area contributed by atoms with Gasteiger partial charge < -0.3 is 10.1 Å². The van der Waals surface area contributed by atoms with E-state index in [-0.39, 0.29) is 12.3 Å². The number of benzene rings is 2. The number of nitrogens with zero attached hydrogens (tertiary/aromatic N) is 2. The Morgan fingerprint density at radius 2 is 1.95 bits per heavy atom. The summed E-state index contributed by atoms with van der Waals surface area (Å²) in [4.78, 5) is 20.3. The van der Waals surface area contributed by atoms with Crippen molar-refractivity contribution in [2.75, 3.05) is 20.2 Å². The summed E-state index contributed by atoms with van der Waals surface area (Å²) in [5.41, 5.74) is 3.61. The van der Waals surface area contributed by atoms with Crippen molar-refractivity contribution < 1.29 is 22.7 Å². The Bertz CT molecular complexity index is 1330. The van der Waals surface area contributed by atoms with Crippen LogP contribution in [0.1, 0.15) is 58.4 Å². The fourth-order valence-electron chi connectivity index (χ4n) is 5.00. The molecule has 8 heteroatoms. The fraction of sp³-hybridized carbons (Fsp3) is 0.448. The molecule has 1 aliphatic heterocycles. The first-order chi connectivity index (χ1) is 17.5. The second-order valence-electron chi connectivity index (χ2n) is 10.5. The van der Waals surface area contributed by atoms with Crippen LogP contribution in [0, 0.1) is 13.8 Å². The van der Waals surface area contributed by atoms with Gasteiger partial charge in [0.25, 0.3) is 5.91 Å². The van der Waals surface area contributed by atoms with E-state index < -0.39 is 18.1 Å². The zero-order valence-electron chi connectivity index (χ0n) is 21.4. The second-order valence-corrected chi connectivity index (χ2v) is 10.5. The fourth-order valence-corrected chi connectivity index (χ4v) is 5.00. The summed E-state index contributed by atoms with van der Waals surface area (Å²) in [5.74, 6) is 0.440. The van der Waals surface area contributed by atoms with Gasteiger partial charge >= 0.3 is 6.18 Å². The Balaban J connectivity index is 1.41. The molecule has 1 N–H and O–H groups in total. The molecule has 1 aromatic heterocycles. The zero-order valence-corrected chi connectivity index (χ0v) is 21.4. The highest BCUT2D eigenvalue weighted by Gasteiger charge is 2.47. The third kappa shape index (κ3) is 5.59. The molecule has 5 nitrogen and oxygen atoms in total. The van der Waals surface area contributed by atoms with Gasteiger partial charge in [-0.15, -0.1) is 0 Å². The molecule has 37 heavy (non-hydrogen) atoms. The van der Waals surface area contributed by atoms with E-state index in [2.05, 4.69) is 22.2 Å². The van der Waals surface area contributed by atoms with E-state index in [0.29, 0.717) is 47.9 Å². The number of amides is 1. The van der Waals surface area contributed by atoms with E-state index in [1.165, 1.54) is 0 Å². The lowest BCUT2D eigenvalue weighted by molar-refractivity contribution is -0.134. The van der Waals surface area contributed by atoms with E-state index in [9.17, 15) is 18.0 Å². The summed E-state index contributed by atoms with van der Waals surface area (Å²) >= 11 is 0. The van der Waals surface area contributed by atoms with Crippen LogP contribution in [0.2, 0.25) is 0 Å². The third-order valence-corrected chi connectivity index (χ3v) is 7.66. The van der Waals surface area contributed by atoms with Crippen LogP contribution in [0.15, 0.2) is 42.5 Å². The number of halogens is 3. The van der Waals surface area contributed by atoms with Crippen LogP contribution in [0.3, 0.4) is 0 Å². The highest BCUT2D eigenvalue weighted by atomic mass is 19.4. The molecule has 1 saturated carbocycles. The number of alkyl halides is 3. The number of rotatable bonds is 8. The van der Waals surface area contributed by atoms with Crippen molar-refractivity contribution in [2.24, 2.45) is 0 Å². The van der Waals surface area contributed by atoms with E-state index in [0.717, 1.165) is 35.2 Å². The number of hydrogen-bond donors (Lipinski definition) is 1. The normalized spacial score (nSPS) is 18.9. The Hall–Kier alpha value is -3.13. The molecule has 2 heterocycles. The molecule has 2 aromatic carbocycles. The molecule has 1 saturated heterocycles. The van der Waals surface area contributed by atoms with Gasteiger partial charge in [-0.2, -0.15) is 13.2 Å². The molecular formula is C29H32F3N3O2. The van der Waals surface area contributed by atoms with Gasteiger partial charge in [0.2, 0.25) is 0 Å². The minimum absolute atomic E-state index is 0.124. The number of carbonyl (C=O) groups excluding carboxylic acids is 1. The number of aryl methyl sites for hydroxylation is 3. The molecule has 5 rings (SSSR count). The van der Waals surface area contributed by atoms with Crippen LogP contribution in [0.5, 0.6) is 5.75 Å². The number of pyridine rings is 1. The van der Waals surface area contributed by atoms with Gasteiger partial charge in [0, 0.05) is 29.1 Å². The zero-order chi connectivity index (χ0) is 26.4. The molecule has 0 unspecified atom stereocenters. The van der Waals surface area contributed by atoms with Crippen molar-refractivity contribution in [1.82, 2.24) is 15.2 Å². The second kappa shape index (κ2) is 9.63. The van der Waals surface area contributed by atoms with Gasteiger partial charge in [-0.3, -0.25) is 14.7 Å². The smallest absolute Gasteiger partial charge is 0.389 e. The molecule has 0 radical (unpaired) electrons. The largest absolute Gasteiger partial charge is 0.492 e. The van der Waals surface area contributed by atoms with Crippen LogP contribution in [-0.2, 0) is 12.0 Å². The maximum atomic E-state index is 13.5. The van der Waals surface area contributed by atoms with Crippen molar-refractivity contribution in [3.05, 3.63) is 70.4 Å². The first-order valence-electron chi connectivity index (χ1n) is 12.8. The van der Waals surface area contributed by atoms with Crippen LogP contribution in [0.4, 0.5) is 13.2 Å². The molecule has 1 amide bonds. The summed E-state index contributed by atoms with van der Waals surface area (Å²) in [7, 11) is 2.07. The lowest BCUT2D eigenvalue weighted by atomic mass is 9.94. The average Bonchev–Trinajstić information content (AvgIpc) is 3.61. The van der Waals surface area contributed by atoms with Crippen LogP contribution in [-0.4, -0.2) is 48.2 Å². The van der Waals surface area contributed by atoms with Crippen molar-refractivity contribution in [3.63, 3.8) is 0 Å². The van der Waals surface area contributed by atoms with Gasteiger partial charge in [0.1, 0.15) is 12.4 Å². The monoisotopic (exact) mass is 511 g/mol. The Morgan fingerprint density at radius 1 is 1.16 bits per heavy atom. The number of fused-ring (bicyclic) bond motifs is 1. The summed E-state index contributed by atoms with van der Waals surface area (Å²) in [6.45, 7) is 5.39. The molecule has 1 aliphatic carbocycles. The highest BCUT2D eigenvalue weighted by Crippen LogP contribution is 2.48. The predicted octanol–water partition coefficient (Wildman–Crippen LogP) is 5.85. The van der Waals surface area contributed by atoms with Crippen molar-refractivity contribution in [3.8, 4) is 5.75 Å². The number of ether oxygens (including phenoxy) is 1. The first-order valence-corrected chi connectivity index (χ1v) is 12.8. The lowest BCUT2D eigenvalue weighted by Gasteiger charge is -2.37.